The molecule has 0 bridgehead atoms. The fourth-order valence-corrected chi connectivity index (χ4v) is 5.20. The van der Waals surface area contributed by atoms with Crippen LogP contribution in [0.3, 0.4) is 0 Å². The van der Waals surface area contributed by atoms with Crippen molar-refractivity contribution >= 4 is 44.9 Å². The van der Waals surface area contributed by atoms with E-state index < -0.39 is 5.82 Å². The molecule has 1 atom stereocenters. The zero-order valence-electron chi connectivity index (χ0n) is 12.1. The summed E-state index contributed by atoms with van der Waals surface area (Å²) in [4.78, 5) is 15.0. The average molecular weight is 418 g/mol. The number of thioether (sulfide) groups is 1. The fraction of sp³-hybridized carbons (Fsp3) is 0.312. The Kier molecular flexibility index (Phi) is 5.38. The highest BCUT2D eigenvalue weighted by atomic mass is 79.9. The van der Waals surface area contributed by atoms with E-state index in [0.29, 0.717) is 35.7 Å². The van der Waals surface area contributed by atoms with Crippen molar-refractivity contribution in [1.29, 1.82) is 0 Å². The molecule has 2 heterocycles. The third-order valence-corrected chi connectivity index (χ3v) is 6.70. The number of benzene rings is 1. The van der Waals surface area contributed by atoms with Crippen LogP contribution in [-0.2, 0) is 0 Å². The molecule has 1 fully saturated rings. The molecule has 0 N–H and O–H groups in total. The molecule has 1 saturated heterocycles. The van der Waals surface area contributed by atoms with Gasteiger partial charge >= 0.3 is 0 Å². The standard InChI is InChI=1S/C16H14BrF2NOS2/c17-10-7-15(23-9-10)16(21)20-4-3-14(22-6-5-20)12-8-11(18)1-2-13(12)19/h1-2,7-9,14H,3-6H2/t14-/m1/s1. The van der Waals surface area contributed by atoms with Crippen LogP contribution in [0.1, 0.15) is 26.9 Å². The third-order valence-electron chi connectivity index (χ3n) is 3.71. The summed E-state index contributed by atoms with van der Waals surface area (Å²) in [5.41, 5.74) is 0.392. The summed E-state index contributed by atoms with van der Waals surface area (Å²) in [7, 11) is 0. The van der Waals surface area contributed by atoms with Crippen molar-refractivity contribution in [1.82, 2.24) is 4.90 Å². The minimum Gasteiger partial charge on any atom is -0.337 e. The topological polar surface area (TPSA) is 20.3 Å². The molecule has 0 radical (unpaired) electrons. The summed E-state index contributed by atoms with van der Waals surface area (Å²) in [6.07, 6.45) is 0.614. The van der Waals surface area contributed by atoms with E-state index in [1.807, 2.05) is 11.4 Å². The van der Waals surface area contributed by atoms with E-state index in [1.165, 1.54) is 23.5 Å². The van der Waals surface area contributed by atoms with Gasteiger partial charge in [0, 0.05) is 39.5 Å². The van der Waals surface area contributed by atoms with Crippen molar-refractivity contribution < 1.29 is 13.6 Å². The Balaban J connectivity index is 1.72. The molecule has 1 aliphatic heterocycles. The number of hydrogen-bond donors (Lipinski definition) is 0. The van der Waals surface area contributed by atoms with Crippen molar-refractivity contribution in [2.24, 2.45) is 0 Å². The second-order valence-electron chi connectivity index (χ2n) is 5.24. The second-order valence-corrected chi connectivity index (χ2v) is 8.37. The lowest BCUT2D eigenvalue weighted by Crippen LogP contribution is -2.32. The van der Waals surface area contributed by atoms with Crippen LogP contribution in [0.15, 0.2) is 34.1 Å². The number of halogens is 3. The van der Waals surface area contributed by atoms with E-state index >= 15 is 0 Å². The molecule has 1 aromatic heterocycles. The highest BCUT2D eigenvalue weighted by molar-refractivity contribution is 9.10. The van der Waals surface area contributed by atoms with Crippen molar-refractivity contribution in [3.63, 3.8) is 0 Å². The first-order valence-corrected chi connectivity index (χ1v) is 9.86. The van der Waals surface area contributed by atoms with E-state index in [-0.39, 0.29) is 17.0 Å². The van der Waals surface area contributed by atoms with Crippen LogP contribution < -0.4 is 0 Å². The maximum absolute atomic E-state index is 13.9. The summed E-state index contributed by atoms with van der Waals surface area (Å²) in [6.45, 7) is 1.16. The Bertz CT molecular complexity index is 722. The Morgan fingerprint density at radius 1 is 1.26 bits per heavy atom. The number of carbonyl (C=O) groups is 1. The van der Waals surface area contributed by atoms with Crippen molar-refractivity contribution in [2.75, 3.05) is 18.8 Å². The zero-order chi connectivity index (χ0) is 16.4. The number of hydrogen-bond acceptors (Lipinski definition) is 3. The van der Waals surface area contributed by atoms with Crippen LogP contribution >= 0.6 is 39.0 Å². The highest BCUT2D eigenvalue weighted by Crippen LogP contribution is 2.36. The molecule has 1 aromatic carbocycles. The van der Waals surface area contributed by atoms with Gasteiger partial charge < -0.3 is 4.90 Å². The van der Waals surface area contributed by atoms with Gasteiger partial charge in [0.2, 0.25) is 0 Å². The Labute approximate surface area is 150 Å². The minimum atomic E-state index is -0.428. The Hall–Kier alpha value is -0.920. The largest absolute Gasteiger partial charge is 0.337 e. The molecule has 7 heteroatoms. The van der Waals surface area contributed by atoms with Crippen molar-refractivity contribution in [2.45, 2.75) is 11.7 Å². The minimum absolute atomic E-state index is 0.00154. The average Bonchev–Trinajstić information content (AvgIpc) is 2.82. The number of carbonyl (C=O) groups excluding carboxylic acids is 1. The first kappa shape index (κ1) is 16.9. The zero-order valence-corrected chi connectivity index (χ0v) is 15.3. The van der Waals surface area contributed by atoms with Crippen LogP contribution in [0.25, 0.3) is 0 Å². The fourth-order valence-electron chi connectivity index (χ4n) is 2.56. The smallest absolute Gasteiger partial charge is 0.263 e. The van der Waals surface area contributed by atoms with Gasteiger partial charge in [0.1, 0.15) is 11.6 Å². The summed E-state index contributed by atoms with van der Waals surface area (Å²) in [5, 5.41) is 1.75. The number of nitrogens with zero attached hydrogens (tertiary/aromatic N) is 1. The molecule has 2 aromatic rings. The molecular formula is C16H14BrF2NOS2. The second kappa shape index (κ2) is 7.32. The maximum Gasteiger partial charge on any atom is 0.263 e. The predicted octanol–water partition coefficient (Wildman–Crippen LogP) is 5.11. The normalized spacial score (nSPS) is 18.7. The van der Waals surface area contributed by atoms with Gasteiger partial charge in [-0.3, -0.25) is 4.79 Å². The Morgan fingerprint density at radius 2 is 2.09 bits per heavy atom. The van der Waals surface area contributed by atoms with E-state index in [2.05, 4.69) is 15.9 Å². The van der Waals surface area contributed by atoms with E-state index in [1.54, 1.807) is 16.7 Å². The number of amides is 1. The van der Waals surface area contributed by atoms with Crippen LogP contribution in [-0.4, -0.2) is 29.6 Å². The highest BCUT2D eigenvalue weighted by Gasteiger charge is 2.25. The lowest BCUT2D eigenvalue weighted by atomic mass is 10.1. The van der Waals surface area contributed by atoms with E-state index in [9.17, 15) is 13.6 Å². The molecule has 23 heavy (non-hydrogen) atoms. The van der Waals surface area contributed by atoms with Crippen LogP contribution in [0.4, 0.5) is 8.78 Å². The van der Waals surface area contributed by atoms with Crippen molar-refractivity contribution in [3.05, 3.63) is 56.2 Å². The molecule has 0 aliphatic carbocycles. The van der Waals surface area contributed by atoms with Gasteiger partial charge in [0.25, 0.3) is 5.91 Å². The van der Waals surface area contributed by atoms with Gasteiger partial charge in [-0.25, -0.2) is 8.78 Å². The van der Waals surface area contributed by atoms with Gasteiger partial charge in [-0.2, -0.15) is 11.8 Å². The van der Waals surface area contributed by atoms with Gasteiger partial charge in [0.05, 0.1) is 4.88 Å². The molecule has 2 nitrogen and oxygen atoms in total. The van der Waals surface area contributed by atoms with Crippen LogP contribution in [0.5, 0.6) is 0 Å². The molecule has 122 valence electrons. The first-order chi connectivity index (χ1) is 11.0. The molecule has 1 aliphatic rings. The quantitative estimate of drug-likeness (QED) is 0.676. The predicted molar refractivity (Wildman–Crippen MR) is 94.1 cm³/mol. The summed E-state index contributed by atoms with van der Waals surface area (Å²) >= 11 is 6.33. The molecule has 1 amide bonds. The van der Waals surface area contributed by atoms with E-state index in [4.69, 9.17) is 0 Å². The van der Waals surface area contributed by atoms with Crippen molar-refractivity contribution in [3.8, 4) is 0 Å². The summed E-state index contributed by atoms with van der Waals surface area (Å²) in [6, 6.07) is 5.38. The monoisotopic (exact) mass is 417 g/mol. The van der Waals surface area contributed by atoms with Gasteiger partial charge in [0.15, 0.2) is 0 Å². The summed E-state index contributed by atoms with van der Waals surface area (Å²) in [5.74, 6) is -0.103. The van der Waals surface area contributed by atoms with Crippen LogP contribution in [0, 0.1) is 11.6 Å². The van der Waals surface area contributed by atoms with Gasteiger partial charge in [-0.1, -0.05) is 0 Å². The maximum atomic E-state index is 13.9. The molecule has 0 spiro atoms. The SMILES string of the molecule is O=C(c1cc(Br)cs1)N1CCS[C@@H](c2cc(F)ccc2F)CC1. The van der Waals surface area contributed by atoms with Gasteiger partial charge in [-0.15, -0.1) is 11.3 Å². The van der Waals surface area contributed by atoms with Gasteiger partial charge in [-0.05, 0) is 46.6 Å². The number of rotatable bonds is 2. The molecule has 3 rings (SSSR count). The molecule has 0 saturated carbocycles. The third kappa shape index (κ3) is 3.95. The lowest BCUT2D eigenvalue weighted by molar-refractivity contribution is 0.0771. The van der Waals surface area contributed by atoms with E-state index in [0.717, 1.165) is 10.5 Å². The molecular weight excluding hydrogens is 404 g/mol. The number of thiophene rings is 1. The Morgan fingerprint density at radius 3 is 2.83 bits per heavy atom. The first-order valence-electron chi connectivity index (χ1n) is 7.14. The summed E-state index contributed by atoms with van der Waals surface area (Å²) < 4.78 is 28.2. The lowest BCUT2D eigenvalue weighted by Gasteiger charge is -2.19. The molecule has 0 unspecified atom stereocenters. The van der Waals surface area contributed by atoms with Crippen LogP contribution in [0.2, 0.25) is 0 Å².